The molecule has 1 heterocycles. The summed E-state index contributed by atoms with van der Waals surface area (Å²) in [6.07, 6.45) is 0. The van der Waals surface area contributed by atoms with E-state index < -0.39 is 17.7 Å². The second-order valence-electron chi connectivity index (χ2n) is 9.70. The van der Waals surface area contributed by atoms with Crippen LogP contribution in [0.3, 0.4) is 0 Å². The molecule has 6 heteroatoms. The number of ketones is 1. The first-order valence-electron chi connectivity index (χ1n) is 11.2. The highest BCUT2D eigenvalue weighted by Gasteiger charge is 2.47. The topological polar surface area (TPSA) is 102 Å². The SMILES string of the molecule is Cc1ccc(C(C)(C)C)cc1/C(O)=C1\C(=O)C(=O)N(c2ccc(C#N)cc2)C1c1ccc(O)cc1. The number of phenolic OH excluding ortho intramolecular Hbond substituents is 1. The molecule has 0 spiro atoms. The maximum atomic E-state index is 13.4. The van der Waals surface area contributed by atoms with E-state index in [9.17, 15) is 19.8 Å². The summed E-state index contributed by atoms with van der Waals surface area (Å²) in [4.78, 5) is 28.0. The van der Waals surface area contributed by atoms with Crippen molar-refractivity contribution >= 4 is 23.1 Å². The number of carbonyl (C=O) groups excluding carboxylic acids is 2. The molecule has 6 nitrogen and oxygen atoms in total. The minimum atomic E-state index is -0.916. The lowest BCUT2D eigenvalue weighted by molar-refractivity contribution is -0.132. The van der Waals surface area contributed by atoms with Gasteiger partial charge in [-0.1, -0.05) is 45.0 Å². The molecule has 35 heavy (non-hydrogen) atoms. The Morgan fingerprint density at radius 3 is 2.17 bits per heavy atom. The van der Waals surface area contributed by atoms with Crippen LogP contribution in [0.25, 0.3) is 5.76 Å². The monoisotopic (exact) mass is 466 g/mol. The lowest BCUT2D eigenvalue weighted by Crippen LogP contribution is -2.29. The van der Waals surface area contributed by atoms with Gasteiger partial charge in [0.05, 0.1) is 23.2 Å². The Morgan fingerprint density at radius 2 is 1.60 bits per heavy atom. The molecule has 1 fully saturated rings. The largest absolute Gasteiger partial charge is 0.508 e. The molecule has 2 N–H and O–H groups in total. The number of aliphatic hydroxyl groups is 1. The molecule has 1 aliphatic rings. The highest BCUT2D eigenvalue weighted by Crippen LogP contribution is 2.43. The van der Waals surface area contributed by atoms with Gasteiger partial charge >= 0.3 is 0 Å². The zero-order valence-corrected chi connectivity index (χ0v) is 20.0. The third-order valence-electron chi connectivity index (χ3n) is 6.29. The zero-order chi connectivity index (χ0) is 25.5. The number of nitrogens with zero attached hydrogens (tertiary/aromatic N) is 2. The minimum Gasteiger partial charge on any atom is -0.508 e. The number of amides is 1. The van der Waals surface area contributed by atoms with Gasteiger partial charge in [0.2, 0.25) is 0 Å². The van der Waals surface area contributed by atoms with Crippen LogP contribution in [0.5, 0.6) is 5.75 Å². The quantitative estimate of drug-likeness (QED) is 0.302. The number of phenols is 1. The number of aryl methyl sites for hydroxylation is 1. The van der Waals surface area contributed by atoms with Crippen molar-refractivity contribution in [3.63, 3.8) is 0 Å². The van der Waals surface area contributed by atoms with Crippen LogP contribution in [0.4, 0.5) is 5.69 Å². The van der Waals surface area contributed by atoms with Crippen LogP contribution in [-0.2, 0) is 15.0 Å². The van der Waals surface area contributed by atoms with Crippen LogP contribution in [0.1, 0.15) is 54.6 Å². The van der Waals surface area contributed by atoms with E-state index in [2.05, 4.69) is 20.8 Å². The van der Waals surface area contributed by atoms with Crippen molar-refractivity contribution < 1.29 is 19.8 Å². The third-order valence-corrected chi connectivity index (χ3v) is 6.29. The number of carbonyl (C=O) groups is 2. The highest BCUT2D eigenvalue weighted by molar-refractivity contribution is 6.51. The van der Waals surface area contributed by atoms with Gasteiger partial charge in [-0.3, -0.25) is 14.5 Å². The fourth-order valence-electron chi connectivity index (χ4n) is 4.26. The number of aliphatic hydroxyl groups excluding tert-OH is 1. The summed E-state index contributed by atoms with van der Waals surface area (Å²) in [6.45, 7) is 8.01. The Morgan fingerprint density at radius 1 is 0.971 bits per heavy atom. The highest BCUT2D eigenvalue weighted by atomic mass is 16.3. The lowest BCUT2D eigenvalue weighted by atomic mass is 9.84. The molecule has 176 valence electrons. The first-order chi connectivity index (χ1) is 16.5. The predicted octanol–water partition coefficient (Wildman–Crippen LogP) is 5.50. The van der Waals surface area contributed by atoms with Gasteiger partial charge in [-0.25, -0.2) is 0 Å². The molecule has 3 aromatic carbocycles. The van der Waals surface area contributed by atoms with Gasteiger partial charge in [-0.05, 0) is 71.5 Å². The first kappa shape index (κ1) is 23.8. The third kappa shape index (κ3) is 4.29. The Bertz CT molecular complexity index is 1390. The van der Waals surface area contributed by atoms with E-state index in [1.807, 2.05) is 31.2 Å². The van der Waals surface area contributed by atoms with Gasteiger partial charge in [0.25, 0.3) is 11.7 Å². The van der Waals surface area contributed by atoms with Crippen LogP contribution in [-0.4, -0.2) is 21.9 Å². The van der Waals surface area contributed by atoms with Gasteiger partial charge in [-0.15, -0.1) is 0 Å². The van der Waals surface area contributed by atoms with Crippen LogP contribution < -0.4 is 4.90 Å². The lowest BCUT2D eigenvalue weighted by Gasteiger charge is -2.26. The molecule has 3 aromatic rings. The van der Waals surface area contributed by atoms with Gasteiger partial charge < -0.3 is 10.2 Å². The van der Waals surface area contributed by atoms with Crippen molar-refractivity contribution in [2.75, 3.05) is 4.90 Å². The number of anilines is 1. The molecule has 0 saturated carbocycles. The van der Waals surface area contributed by atoms with Crippen molar-refractivity contribution in [2.24, 2.45) is 0 Å². The number of Topliss-reactive ketones (excluding diaryl/α,β-unsaturated/α-hetero) is 1. The Kier molecular flexibility index (Phi) is 5.96. The average molecular weight is 467 g/mol. The summed E-state index contributed by atoms with van der Waals surface area (Å²) < 4.78 is 0. The molecule has 0 radical (unpaired) electrons. The maximum absolute atomic E-state index is 13.4. The molecule has 0 aromatic heterocycles. The Hall–Kier alpha value is -4.37. The smallest absolute Gasteiger partial charge is 0.300 e. The number of nitriles is 1. The Labute approximate surface area is 204 Å². The molecule has 0 bridgehead atoms. The summed E-state index contributed by atoms with van der Waals surface area (Å²) in [5.74, 6) is -1.79. The number of aromatic hydroxyl groups is 1. The fourth-order valence-corrected chi connectivity index (χ4v) is 4.26. The van der Waals surface area contributed by atoms with E-state index in [0.29, 0.717) is 22.4 Å². The molecule has 1 atom stereocenters. The van der Waals surface area contributed by atoms with Crippen LogP contribution in [0, 0.1) is 18.3 Å². The molecule has 4 rings (SSSR count). The zero-order valence-electron chi connectivity index (χ0n) is 20.0. The van der Waals surface area contributed by atoms with Crippen LogP contribution in [0.15, 0.2) is 72.3 Å². The summed E-state index contributed by atoms with van der Waals surface area (Å²) in [5, 5.41) is 30.4. The Balaban J connectivity index is 1.97. The van der Waals surface area contributed by atoms with Gasteiger partial charge in [-0.2, -0.15) is 5.26 Å². The van der Waals surface area contributed by atoms with Gasteiger partial charge in [0.15, 0.2) is 0 Å². The second kappa shape index (κ2) is 8.77. The van der Waals surface area contributed by atoms with Crippen LogP contribution >= 0.6 is 0 Å². The van der Waals surface area contributed by atoms with Gasteiger partial charge in [0.1, 0.15) is 11.5 Å². The second-order valence-corrected chi connectivity index (χ2v) is 9.70. The van der Waals surface area contributed by atoms with Crippen molar-refractivity contribution in [1.82, 2.24) is 0 Å². The minimum absolute atomic E-state index is 0.0285. The summed E-state index contributed by atoms with van der Waals surface area (Å²) >= 11 is 0. The maximum Gasteiger partial charge on any atom is 0.300 e. The number of hydrogen-bond donors (Lipinski definition) is 2. The van der Waals surface area contributed by atoms with E-state index in [4.69, 9.17) is 5.26 Å². The first-order valence-corrected chi connectivity index (χ1v) is 11.2. The van der Waals surface area contributed by atoms with Crippen molar-refractivity contribution in [3.8, 4) is 11.8 Å². The standard InChI is InChI=1S/C29H26N2O4/c1-17-5-10-20(29(2,3)4)15-23(17)26(33)24-25(19-8-13-22(32)14-9-19)31(28(35)27(24)34)21-11-6-18(16-30)7-12-21/h5-15,25,32-33H,1-4H3/b26-24+. The fraction of sp³-hybridized carbons (Fsp3) is 0.207. The van der Waals surface area contributed by atoms with Crippen molar-refractivity contribution in [1.29, 1.82) is 5.26 Å². The van der Waals surface area contributed by atoms with E-state index in [1.54, 1.807) is 36.4 Å². The predicted molar refractivity (Wildman–Crippen MR) is 134 cm³/mol. The normalized spacial score (nSPS) is 17.5. The van der Waals surface area contributed by atoms with Gasteiger partial charge in [0, 0.05) is 11.3 Å². The molecule has 1 saturated heterocycles. The summed E-state index contributed by atoms with van der Waals surface area (Å²) in [5.41, 5.74) is 3.41. The summed E-state index contributed by atoms with van der Waals surface area (Å²) in [6, 6.07) is 19.4. The summed E-state index contributed by atoms with van der Waals surface area (Å²) in [7, 11) is 0. The molecule has 1 amide bonds. The van der Waals surface area contributed by atoms with Crippen LogP contribution in [0.2, 0.25) is 0 Å². The van der Waals surface area contributed by atoms with E-state index in [-0.39, 0.29) is 22.5 Å². The number of hydrogen-bond acceptors (Lipinski definition) is 5. The van der Waals surface area contributed by atoms with E-state index in [1.165, 1.54) is 17.0 Å². The molecule has 1 unspecified atom stereocenters. The average Bonchev–Trinajstić information content (AvgIpc) is 3.09. The molecule has 0 aliphatic carbocycles. The van der Waals surface area contributed by atoms with Crippen molar-refractivity contribution in [3.05, 3.63) is 100 Å². The van der Waals surface area contributed by atoms with Crippen molar-refractivity contribution in [2.45, 2.75) is 39.2 Å². The molecular formula is C29H26N2O4. The molecular weight excluding hydrogens is 440 g/mol. The number of rotatable bonds is 3. The molecule has 1 aliphatic heterocycles. The van der Waals surface area contributed by atoms with E-state index in [0.717, 1.165) is 11.1 Å². The van der Waals surface area contributed by atoms with E-state index >= 15 is 0 Å². The number of benzene rings is 3.